The minimum Gasteiger partial charge on any atom is -0.477 e. The summed E-state index contributed by atoms with van der Waals surface area (Å²) in [7, 11) is -4.14. The third-order valence-electron chi connectivity index (χ3n) is 4.11. The van der Waals surface area contributed by atoms with Gasteiger partial charge in [-0.1, -0.05) is 11.6 Å². The molecule has 0 aliphatic carbocycles. The largest absolute Gasteiger partial charge is 0.477 e. The maximum absolute atomic E-state index is 13.2. The molecule has 0 atom stereocenters. The number of rotatable bonds is 6. The highest BCUT2D eigenvalue weighted by Gasteiger charge is 2.31. The SMILES string of the molecule is N#CCOc1cc(Oc2ccc(C(F)(F)F)cc2Cl)ccc1S(=O)(=O)c1ccc(F)cc1. The number of nitriles is 1. The molecule has 0 N–H and O–H groups in total. The van der Waals surface area contributed by atoms with Crippen molar-refractivity contribution in [1.29, 1.82) is 5.26 Å². The van der Waals surface area contributed by atoms with Gasteiger partial charge in [0.05, 0.1) is 15.5 Å². The van der Waals surface area contributed by atoms with Crippen LogP contribution in [0.2, 0.25) is 5.02 Å². The predicted octanol–water partition coefficient (Wildman–Crippen LogP) is 6.03. The molecule has 0 heterocycles. The third-order valence-corrected chi connectivity index (χ3v) is 6.21. The van der Waals surface area contributed by atoms with E-state index < -0.39 is 34.0 Å². The topological polar surface area (TPSA) is 76.4 Å². The average molecular weight is 486 g/mol. The summed E-state index contributed by atoms with van der Waals surface area (Å²) in [5, 5.41) is 8.48. The molecule has 0 saturated carbocycles. The Balaban J connectivity index is 1.99. The molecule has 3 rings (SSSR count). The fourth-order valence-corrected chi connectivity index (χ4v) is 4.22. The highest BCUT2D eigenvalue weighted by atomic mass is 35.5. The second-order valence-corrected chi connectivity index (χ2v) is 8.58. The number of halogens is 5. The monoisotopic (exact) mass is 485 g/mol. The number of hydrogen-bond donors (Lipinski definition) is 0. The van der Waals surface area contributed by atoms with Gasteiger partial charge in [0, 0.05) is 6.07 Å². The third kappa shape index (κ3) is 5.12. The zero-order valence-corrected chi connectivity index (χ0v) is 17.4. The Morgan fingerprint density at radius 2 is 1.66 bits per heavy atom. The van der Waals surface area contributed by atoms with Gasteiger partial charge in [0.2, 0.25) is 9.84 Å². The lowest BCUT2D eigenvalue weighted by Gasteiger charge is -2.14. The van der Waals surface area contributed by atoms with Gasteiger partial charge in [-0.25, -0.2) is 12.8 Å². The van der Waals surface area contributed by atoms with Crippen LogP contribution in [0.25, 0.3) is 0 Å². The van der Waals surface area contributed by atoms with Gasteiger partial charge in [-0.05, 0) is 54.6 Å². The quantitative estimate of drug-likeness (QED) is 0.315. The summed E-state index contributed by atoms with van der Waals surface area (Å²) in [5.74, 6) is -0.976. The molecule has 0 bridgehead atoms. The molecule has 5 nitrogen and oxygen atoms in total. The van der Waals surface area contributed by atoms with Crippen molar-refractivity contribution < 1.29 is 35.5 Å². The van der Waals surface area contributed by atoms with Gasteiger partial charge >= 0.3 is 6.18 Å². The van der Waals surface area contributed by atoms with E-state index >= 15 is 0 Å². The van der Waals surface area contributed by atoms with Crippen molar-refractivity contribution in [3.8, 4) is 23.3 Å². The molecule has 0 aliphatic rings. The standard InChI is InChI=1S/C21H12ClF4NO4S/c22-17-11-13(21(24,25)26)1-7-18(17)31-15-4-8-20(19(12-15)30-10-9-27)32(28,29)16-5-2-14(23)3-6-16/h1-8,11-12H,10H2. The van der Waals surface area contributed by atoms with Gasteiger partial charge < -0.3 is 9.47 Å². The van der Waals surface area contributed by atoms with Gasteiger partial charge in [0.1, 0.15) is 34.0 Å². The van der Waals surface area contributed by atoms with E-state index in [1.807, 2.05) is 0 Å². The normalized spacial score (nSPS) is 11.6. The van der Waals surface area contributed by atoms with Crippen LogP contribution in [0.4, 0.5) is 17.6 Å². The van der Waals surface area contributed by atoms with E-state index in [1.54, 1.807) is 6.07 Å². The van der Waals surface area contributed by atoms with Crippen molar-refractivity contribution >= 4 is 21.4 Å². The number of alkyl halides is 3. The average Bonchev–Trinajstić information content (AvgIpc) is 2.73. The first-order chi connectivity index (χ1) is 15.0. The zero-order valence-electron chi connectivity index (χ0n) is 15.9. The van der Waals surface area contributed by atoms with Crippen LogP contribution in [0.5, 0.6) is 17.2 Å². The van der Waals surface area contributed by atoms with Crippen molar-refractivity contribution in [2.75, 3.05) is 6.61 Å². The van der Waals surface area contributed by atoms with Crippen molar-refractivity contribution in [2.24, 2.45) is 0 Å². The van der Waals surface area contributed by atoms with E-state index in [2.05, 4.69) is 0 Å². The fraction of sp³-hybridized carbons (Fsp3) is 0.0952. The maximum atomic E-state index is 13.2. The molecule has 0 aliphatic heterocycles. The first kappa shape index (κ1) is 23.4. The Morgan fingerprint density at radius 1 is 0.969 bits per heavy atom. The van der Waals surface area contributed by atoms with E-state index in [0.29, 0.717) is 6.07 Å². The van der Waals surface area contributed by atoms with Crippen molar-refractivity contribution in [3.63, 3.8) is 0 Å². The van der Waals surface area contributed by atoms with Gasteiger partial charge in [0.25, 0.3) is 0 Å². The van der Waals surface area contributed by atoms with E-state index in [4.69, 9.17) is 26.3 Å². The Kier molecular flexibility index (Phi) is 6.62. The van der Waals surface area contributed by atoms with Gasteiger partial charge in [-0.2, -0.15) is 18.4 Å². The highest BCUT2D eigenvalue weighted by Crippen LogP contribution is 2.38. The van der Waals surface area contributed by atoms with Crippen LogP contribution in [0.3, 0.4) is 0 Å². The molecule has 3 aromatic carbocycles. The fourth-order valence-electron chi connectivity index (χ4n) is 2.62. The van der Waals surface area contributed by atoms with Crippen LogP contribution >= 0.6 is 11.6 Å². The second kappa shape index (κ2) is 9.06. The van der Waals surface area contributed by atoms with Crippen LogP contribution < -0.4 is 9.47 Å². The van der Waals surface area contributed by atoms with Gasteiger partial charge in [0.15, 0.2) is 6.61 Å². The summed E-state index contributed by atoms with van der Waals surface area (Å²) in [5.41, 5.74) is -0.964. The Morgan fingerprint density at radius 3 is 2.25 bits per heavy atom. The smallest absolute Gasteiger partial charge is 0.416 e. The lowest BCUT2D eigenvalue weighted by Crippen LogP contribution is -2.06. The summed E-state index contributed by atoms with van der Waals surface area (Å²) in [6.07, 6.45) is -4.59. The Hall–Kier alpha value is -3.29. The molecule has 0 amide bonds. The first-order valence-corrected chi connectivity index (χ1v) is 10.6. The Bertz CT molecular complexity index is 1290. The van der Waals surface area contributed by atoms with Crippen molar-refractivity contribution in [1.82, 2.24) is 0 Å². The molecule has 0 saturated heterocycles. The molecule has 0 aromatic heterocycles. The summed E-state index contributed by atoms with van der Waals surface area (Å²) in [6.45, 7) is -0.490. The summed E-state index contributed by atoms with van der Waals surface area (Å²) in [6, 6.07) is 11.8. The van der Waals surface area contributed by atoms with Crippen LogP contribution in [0.15, 0.2) is 70.5 Å². The molecule has 0 unspecified atom stereocenters. The van der Waals surface area contributed by atoms with Gasteiger partial charge in [-0.3, -0.25) is 0 Å². The lowest BCUT2D eigenvalue weighted by molar-refractivity contribution is -0.137. The Labute approximate surface area is 185 Å². The van der Waals surface area contributed by atoms with E-state index in [-0.39, 0.29) is 32.1 Å². The minimum atomic E-state index is -4.59. The first-order valence-electron chi connectivity index (χ1n) is 8.71. The van der Waals surface area contributed by atoms with Crippen molar-refractivity contribution in [3.05, 3.63) is 77.1 Å². The molecular weight excluding hydrogens is 474 g/mol. The lowest BCUT2D eigenvalue weighted by atomic mass is 10.2. The van der Waals surface area contributed by atoms with E-state index in [0.717, 1.165) is 48.5 Å². The minimum absolute atomic E-state index is 0.00217. The van der Waals surface area contributed by atoms with Crippen LogP contribution in [0, 0.1) is 17.1 Å². The number of sulfone groups is 1. The number of ether oxygens (including phenoxy) is 2. The number of hydrogen-bond acceptors (Lipinski definition) is 5. The molecule has 11 heteroatoms. The summed E-state index contributed by atoms with van der Waals surface area (Å²) in [4.78, 5) is -0.523. The number of nitrogens with zero attached hydrogens (tertiary/aromatic N) is 1. The van der Waals surface area contributed by atoms with Gasteiger partial charge in [-0.15, -0.1) is 0 Å². The van der Waals surface area contributed by atoms with Crippen LogP contribution in [-0.4, -0.2) is 15.0 Å². The zero-order chi connectivity index (χ0) is 23.5. The molecule has 3 aromatic rings. The molecule has 166 valence electrons. The summed E-state index contributed by atoms with van der Waals surface area (Å²) < 4.78 is 88.1. The van der Waals surface area contributed by atoms with Crippen LogP contribution in [-0.2, 0) is 16.0 Å². The molecule has 32 heavy (non-hydrogen) atoms. The van der Waals surface area contributed by atoms with E-state index in [9.17, 15) is 26.0 Å². The predicted molar refractivity (Wildman–Crippen MR) is 106 cm³/mol. The van der Waals surface area contributed by atoms with Crippen LogP contribution in [0.1, 0.15) is 5.56 Å². The molecule has 0 spiro atoms. The van der Waals surface area contributed by atoms with Crippen molar-refractivity contribution in [2.45, 2.75) is 16.0 Å². The molecule has 0 fully saturated rings. The number of benzene rings is 3. The highest BCUT2D eigenvalue weighted by molar-refractivity contribution is 7.91. The maximum Gasteiger partial charge on any atom is 0.416 e. The van der Waals surface area contributed by atoms with E-state index in [1.165, 1.54) is 6.07 Å². The summed E-state index contributed by atoms with van der Waals surface area (Å²) >= 11 is 5.88. The molecular formula is C21H12ClF4NO4S. The molecule has 0 radical (unpaired) electrons. The second-order valence-electron chi connectivity index (χ2n) is 6.26.